The van der Waals surface area contributed by atoms with E-state index in [1.165, 1.54) is 0 Å². The third-order valence-corrected chi connectivity index (χ3v) is 3.86. The van der Waals surface area contributed by atoms with E-state index in [0.717, 1.165) is 16.8 Å². The molecule has 0 aromatic heterocycles. The fourth-order valence-electron chi connectivity index (χ4n) is 2.13. The lowest BCUT2D eigenvalue weighted by atomic mass is 10.1. The Labute approximate surface area is 154 Å². The lowest BCUT2D eigenvalue weighted by Crippen LogP contribution is -2.26. The minimum atomic E-state index is -0.539. The van der Waals surface area contributed by atoms with Crippen LogP contribution in [0.15, 0.2) is 23.3 Å². The van der Waals surface area contributed by atoms with E-state index < -0.39 is 17.8 Å². The second-order valence-corrected chi connectivity index (χ2v) is 6.13. The first kappa shape index (κ1) is 21.3. The highest BCUT2D eigenvalue weighted by Gasteiger charge is 2.17. The first-order valence-electron chi connectivity index (χ1n) is 8.61. The first-order valence-corrected chi connectivity index (χ1v) is 8.61. The summed E-state index contributed by atoms with van der Waals surface area (Å²) in [6.07, 6.45) is 0.0441. The van der Waals surface area contributed by atoms with Gasteiger partial charge < -0.3 is 10.1 Å². The van der Waals surface area contributed by atoms with Crippen LogP contribution in [0.1, 0.15) is 44.7 Å². The Morgan fingerprint density at radius 3 is 2.42 bits per heavy atom. The molecule has 0 aliphatic rings. The average molecular weight is 361 g/mol. The molecule has 0 aliphatic carbocycles. The third kappa shape index (κ3) is 7.04. The van der Waals surface area contributed by atoms with Crippen molar-refractivity contribution in [2.24, 2.45) is 11.0 Å². The molecule has 26 heavy (non-hydrogen) atoms. The molecule has 0 saturated heterocycles. The molecule has 0 radical (unpaired) electrons. The van der Waals surface area contributed by atoms with Crippen LogP contribution in [0.3, 0.4) is 0 Å². The number of carbonyl (C=O) groups is 3. The highest BCUT2D eigenvalue weighted by molar-refractivity contribution is 6.01. The van der Waals surface area contributed by atoms with Gasteiger partial charge in [-0.1, -0.05) is 17.7 Å². The zero-order valence-electron chi connectivity index (χ0n) is 16.0. The van der Waals surface area contributed by atoms with Gasteiger partial charge >= 0.3 is 5.97 Å². The summed E-state index contributed by atoms with van der Waals surface area (Å²) in [5.41, 5.74) is 5.62. The van der Waals surface area contributed by atoms with E-state index in [2.05, 4.69) is 15.8 Å². The Morgan fingerprint density at radius 1 is 1.15 bits per heavy atom. The van der Waals surface area contributed by atoms with Gasteiger partial charge in [0.15, 0.2) is 0 Å². The van der Waals surface area contributed by atoms with Gasteiger partial charge in [0, 0.05) is 24.2 Å². The maximum atomic E-state index is 12.0. The zero-order chi connectivity index (χ0) is 19.7. The van der Waals surface area contributed by atoms with E-state index >= 15 is 0 Å². The Kier molecular flexibility index (Phi) is 8.48. The predicted molar refractivity (Wildman–Crippen MR) is 101 cm³/mol. The van der Waals surface area contributed by atoms with E-state index in [1.54, 1.807) is 20.8 Å². The smallest absolute Gasteiger partial charge is 0.314 e. The number of esters is 1. The zero-order valence-corrected chi connectivity index (χ0v) is 16.0. The number of amides is 2. The number of nitrogens with zero attached hydrogens (tertiary/aromatic N) is 1. The molecule has 2 N–H and O–H groups in total. The van der Waals surface area contributed by atoms with Crippen LogP contribution >= 0.6 is 0 Å². The van der Waals surface area contributed by atoms with Crippen molar-refractivity contribution in [1.82, 2.24) is 5.43 Å². The highest BCUT2D eigenvalue weighted by Crippen LogP contribution is 2.16. The summed E-state index contributed by atoms with van der Waals surface area (Å²) < 4.78 is 4.90. The molecule has 0 heterocycles. The number of ether oxygens (including phenoxy) is 1. The van der Waals surface area contributed by atoms with E-state index in [9.17, 15) is 14.4 Å². The number of rotatable bonds is 8. The van der Waals surface area contributed by atoms with Gasteiger partial charge in [-0.2, -0.15) is 5.10 Å². The third-order valence-electron chi connectivity index (χ3n) is 3.86. The number of hydrogen-bond donors (Lipinski definition) is 2. The van der Waals surface area contributed by atoms with Crippen LogP contribution in [0.5, 0.6) is 0 Å². The number of anilines is 1. The second-order valence-electron chi connectivity index (χ2n) is 6.13. The number of hydrogen-bond acceptors (Lipinski definition) is 5. The lowest BCUT2D eigenvalue weighted by Gasteiger charge is -2.10. The number of carbonyl (C=O) groups excluding carboxylic acids is 3. The summed E-state index contributed by atoms with van der Waals surface area (Å²) in [5.74, 6) is -1.57. The molecular weight excluding hydrogens is 334 g/mol. The molecule has 0 saturated carbocycles. The van der Waals surface area contributed by atoms with Crippen molar-refractivity contribution in [3.8, 4) is 0 Å². The molecule has 0 unspecified atom stereocenters. The molecule has 1 atom stereocenters. The summed E-state index contributed by atoms with van der Waals surface area (Å²) in [5, 5.41) is 6.69. The van der Waals surface area contributed by atoms with E-state index in [4.69, 9.17) is 4.74 Å². The van der Waals surface area contributed by atoms with Gasteiger partial charge in [0.05, 0.1) is 12.5 Å². The summed E-state index contributed by atoms with van der Waals surface area (Å²) >= 11 is 0. The molecule has 0 spiro atoms. The molecule has 142 valence electrons. The van der Waals surface area contributed by atoms with Gasteiger partial charge in [-0.05, 0) is 46.2 Å². The predicted octanol–water partition coefficient (Wildman–Crippen LogP) is 2.71. The molecule has 1 aromatic carbocycles. The Morgan fingerprint density at radius 2 is 1.81 bits per heavy atom. The van der Waals surface area contributed by atoms with Crippen molar-refractivity contribution >= 4 is 29.2 Å². The van der Waals surface area contributed by atoms with Crippen LogP contribution in [-0.4, -0.2) is 30.1 Å². The molecular formula is C19H27N3O4. The average Bonchev–Trinajstić information content (AvgIpc) is 2.59. The van der Waals surface area contributed by atoms with Gasteiger partial charge in [-0.15, -0.1) is 0 Å². The van der Waals surface area contributed by atoms with Crippen LogP contribution in [-0.2, 0) is 19.1 Å². The quantitative estimate of drug-likeness (QED) is 0.423. The normalized spacial score (nSPS) is 12.3. The first-order chi connectivity index (χ1) is 12.2. The molecule has 1 rings (SSSR count). The molecule has 2 amide bonds. The standard InChI is InChI=1S/C19H27N3O4/c1-6-26-19(25)14(4)15(5)21-22-18(24)10-9-17(23)20-16-8-7-12(2)11-13(16)3/h7-8,11,14H,6,9-10H2,1-5H3,(H,20,23)(H,22,24)/b21-15+/t14-/m1/s1. The molecule has 0 aliphatic heterocycles. The van der Waals surface area contributed by atoms with E-state index in [1.807, 2.05) is 32.0 Å². The second kappa shape index (κ2) is 10.3. The van der Waals surface area contributed by atoms with E-state index in [-0.39, 0.29) is 18.7 Å². The maximum Gasteiger partial charge on any atom is 0.314 e. The molecule has 1 aromatic rings. The van der Waals surface area contributed by atoms with Crippen molar-refractivity contribution in [3.63, 3.8) is 0 Å². The van der Waals surface area contributed by atoms with Gasteiger partial charge in [0.25, 0.3) is 0 Å². The van der Waals surface area contributed by atoms with E-state index in [0.29, 0.717) is 12.3 Å². The maximum absolute atomic E-state index is 12.0. The molecule has 7 heteroatoms. The van der Waals surface area contributed by atoms with Crippen LogP contribution < -0.4 is 10.7 Å². The fraction of sp³-hybridized carbons (Fsp3) is 0.474. The minimum Gasteiger partial charge on any atom is -0.465 e. The molecule has 0 bridgehead atoms. The van der Waals surface area contributed by atoms with Crippen molar-refractivity contribution in [2.75, 3.05) is 11.9 Å². The van der Waals surface area contributed by atoms with Crippen molar-refractivity contribution in [2.45, 2.75) is 47.5 Å². The fourth-order valence-corrected chi connectivity index (χ4v) is 2.13. The topological polar surface area (TPSA) is 96.9 Å². The monoisotopic (exact) mass is 361 g/mol. The van der Waals surface area contributed by atoms with Crippen LogP contribution in [0.2, 0.25) is 0 Å². The lowest BCUT2D eigenvalue weighted by molar-refractivity contribution is -0.145. The Hall–Kier alpha value is -2.70. The van der Waals surface area contributed by atoms with Gasteiger partial charge in [-0.25, -0.2) is 5.43 Å². The van der Waals surface area contributed by atoms with Crippen LogP contribution in [0, 0.1) is 19.8 Å². The SMILES string of the molecule is CCOC(=O)[C@H](C)/C(C)=N/NC(=O)CCC(=O)Nc1ccc(C)cc1C. The van der Waals surface area contributed by atoms with Crippen molar-refractivity contribution in [1.29, 1.82) is 0 Å². The van der Waals surface area contributed by atoms with Crippen LogP contribution in [0.4, 0.5) is 5.69 Å². The van der Waals surface area contributed by atoms with Crippen LogP contribution in [0.25, 0.3) is 0 Å². The Bertz CT molecular complexity index is 698. The Balaban J connectivity index is 2.44. The molecule has 7 nitrogen and oxygen atoms in total. The van der Waals surface area contributed by atoms with Gasteiger partial charge in [-0.3, -0.25) is 14.4 Å². The number of aryl methyl sites for hydroxylation is 2. The summed E-state index contributed by atoms with van der Waals surface area (Å²) in [6, 6.07) is 5.73. The number of nitrogens with one attached hydrogen (secondary N) is 2. The number of hydrazone groups is 1. The van der Waals surface area contributed by atoms with Gasteiger partial charge in [0.2, 0.25) is 11.8 Å². The summed E-state index contributed by atoms with van der Waals surface area (Å²) in [4.78, 5) is 35.4. The summed E-state index contributed by atoms with van der Waals surface area (Å²) in [6.45, 7) is 9.20. The molecule has 0 fully saturated rings. The van der Waals surface area contributed by atoms with Gasteiger partial charge in [0.1, 0.15) is 0 Å². The number of benzene rings is 1. The van der Waals surface area contributed by atoms with Crippen molar-refractivity contribution in [3.05, 3.63) is 29.3 Å². The van der Waals surface area contributed by atoms with Crippen molar-refractivity contribution < 1.29 is 19.1 Å². The summed E-state index contributed by atoms with van der Waals surface area (Å²) in [7, 11) is 0. The largest absolute Gasteiger partial charge is 0.465 e. The minimum absolute atomic E-state index is 0.00130. The highest BCUT2D eigenvalue weighted by atomic mass is 16.5.